The lowest BCUT2D eigenvalue weighted by Crippen LogP contribution is -2.23. The van der Waals surface area contributed by atoms with Crippen LogP contribution in [0.1, 0.15) is 29.8 Å². The van der Waals surface area contributed by atoms with E-state index in [1.165, 1.54) is 10.9 Å². The van der Waals surface area contributed by atoms with Crippen LogP contribution in [0.2, 0.25) is 0 Å². The van der Waals surface area contributed by atoms with Crippen LogP contribution < -0.4 is 5.32 Å². The van der Waals surface area contributed by atoms with Crippen molar-refractivity contribution in [3.8, 4) is 0 Å². The van der Waals surface area contributed by atoms with Gasteiger partial charge in [0.2, 0.25) is 0 Å². The van der Waals surface area contributed by atoms with Crippen LogP contribution in [0.15, 0.2) is 40.2 Å². The number of nitrogens with one attached hydrogen (secondary N) is 1. The van der Waals surface area contributed by atoms with Crippen molar-refractivity contribution in [2.45, 2.75) is 25.8 Å². The monoisotopic (exact) mass is 341 g/mol. The van der Waals surface area contributed by atoms with Crippen molar-refractivity contribution >= 4 is 27.3 Å². The summed E-state index contributed by atoms with van der Waals surface area (Å²) >= 11 is 5.24. The number of benzene rings is 1. The molecule has 2 aromatic rings. The Morgan fingerprint density at radius 3 is 2.89 bits per heavy atom. The fourth-order valence-electron chi connectivity index (χ4n) is 2.00. The number of thiophene rings is 1. The van der Waals surface area contributed by atoms with Crippen LogP contribution in [-0.2, 0) is 6.42 Å². The molecule has 0 aliphatic heterocycles. The quantitative estimate of drug-likeness (QED) is 0.785. The van der Waals surface area contributed by atoms with Gasteiger partial charge in [-0.05, 0) is 54.6 Å². The minimum absolute atomic E-state index is 0.182. The first-order chi connectivity index (χ1) is 9.20. The van der Waals surface area contributed by atoms with Crippen LogP contribution in [0.5, 0.6) is 0 Å². The molecule has 2 rings (SSSR count). The molecular formula is C15H17BrFNS. The molecular weight excluding hydrogens is 325 g/mol. The van der Waals surface area contributed by atoms with Gasteiger partial charge in [-0.25, -0.2) is 4.39 Å². The largest absolute Gasteiger partial charge is 0.309 e. The second-order valence-corrected chi connectivity index (χ2v) is 6.30. The third-order valence-corrected chi connectivity index (χ3v) is 4.72. The van der Waals surface area contributed by atoms with E-state index in [1.807, 2.05) is 0 Å². The maximum atomic E-state index is 13.4. The molecule has 0 spiro atoms. The van der Waals surface area contributed by atoms with Crippen molar-refractivity contribution in [3.05, 3.63) is 56.4 Å². The smallest absolute Gasteiger partial charge is 0.123 e. The highest BCUT2D eigenvalue weighted by molar-refractivity contribution is 9.10. The van der Waals surface area contributed by atoms with Gasteiger partial charge in [-0.15, -0.1) is 11.3 Å². The topological polar surface area (TPSA) is 12.0 Å². The Balaban J connectivity index is 2.17. The first-order valence-electron chi connectivity index (χ1n) is 6.41. The van der Waals surface area contributed by atoms with E-state index in [4.69, 9.17) is 0 Å². The van der Waals surface area contributed by atoms with Gasteiger partial charge in [0.1, 0.15) is 5.82 Å². The maximum Gasteiger partial charge on any atom is 0.123 e. The van der Waals surface area contributed by atoms with E-state index in [2.05, 4.69) is 45.7 Å². The van der Waals surface area contributed by atoms with Gasteiger partial charge in [0.15, 0.2) is 0 Å². The second-order valence-electron chi connectivity index (χ2n) is 4.46. The Bertz CT molecular complexity index is 513. The summed E-state index contributed by atoms with van der Waals surface area (Å²) in [5.41, 5.74) is 1.00. The van der Waals surface area contributed by atoms with Crippen molar-refractivity contribution in [1.29, 1.82) is 0 Å². The molecule has 0 amide bonds. The molecule has 1 aromatic carbocycles. The molecule has 1 aromatic heterocycles. The Morgan fingerprint density at radius 1 is 1.37 bits per heavy atom. The van der Waals surface area contributed by atoms with E-state index in [0.717, 1.165) is 29.4 Å². The molecule has 0 radical (unpaired) electrons. The van der Waals surface area contributed by atoms with Crippen LogP contribution in [-0.4, -0.2) is 6.54 Å². The summed E-state index contributed by atoms with van der Waals surface area (Å²) in [6.07, 6.45) is 1.88. The van der Waals surface area contributed by atoms with E-state index in [-0.39, 0.29) is 11.9 Å². The molecule has 0 aliphatic rings. The molecule has 0 saturated heterocycles. The summed E-state index contributed by atoms with van der Waals surface area (Å²) in [4.78, 5) is 1.30. The van der Waals surface area contributed by atoms with E-state index < -0.39 is 0 Å². The first-order valence-corrected chi connectivity index (χ1v) is 8.08. The molecule has 1 nitrogen and oxygen atoms in total. The summed E-state index contributed by atoms with van der Waals surface area (Å²) in [7, 11) is 0. The van der Waals surface area contributed by atoms with Crippen LogP contribution in [0, 0.1) is 5.82 Å². The molecule has 1 unspecified atom stereocenters. The Morgan fingerprint density at radius 2 is 2.21 bits per heavy atom. The minimum Gasteiger partial charge on any atom is -0.309 e. The predicted molar refractivity (Wildman–Crippen MR) is 83.2 cm³/mol. The average molecular weight is 342 g/mol. The standard InChI is InChI=1S/C15H17BrFNS/c1-2-7-18-14(15-4-3-8-19-15)10-11-9-12(17)5-6-13(11)16/h3-6,8-9,14,18H,2,7,10H2,1H3. The third-order valence-electron chi connectivity index (χ3n) is 2.96. The predicted octanol–water partition coefficient (Wildman–Crippen LogP) is 4.93. The third kappa shape index (κ3) is 4.13. The van der Waals surface area contributed by atoms with Crippen molar-refractivity contribution in [2.75, 3.05) is 6.54 Å². The van der Waals surface area contributed by atoms with Gasteiger partial charge in [-0.3, -0.25) is 0 Å². The highest BCUT2D eigenvalue weighted by Crippen LogP contribution is 2.27. The van der Waals surface area contributed by atoms with E-state index in [9.17, 15) is 4.39 Å². The molecule has 0 saturated carbocycles. The molecule has 0 bridgehead atoms. The van der Waals surface area contributed by atoms with Gasteiger partial charge >= 0.3 is 0 Å². The van der Waals surface area contributed by atoms with Gasteiger partial charge in [-0.2, -0.15) is 0 Å². The SMILES string of the molecule is CCCNC(Cc1cc(F)ccc1Br)c1cccs1. The van der Waals surface area contributed by atoms with Gasteiger partial charge in [-0.1, -0.05) is 28.9 Å². The maximum absolute atomic E-state index is 13.4. The molecule has 0 fully saturated rings. The lowest BCUT2D eigenvalue weighted by Gasteiger charge is -2.18. The minimum atomic E-state index is -0.182. The summed E-state index contributed by atoms with van der Waals surface area (Å²) in [6.45, 7) is 3.12. The Labute approximate surface area is 126 Å². The molecule has 1 heterocycles. The highest BCUT2D eigenvalue weighted by atomic mass is 79.9. The van der Waals surface area contributed by atoms with E-state index in [1.54, 1.807) is 23.5 Å². The normalized spacial score (nSPS) is 12.6. The Kier molecular flexibility index (Phi) is 5.55. The molecule has 0 aliphatic carbocycles. The van der Waals surface area contributed by atoms with Gasteiger partial charge in [0.25, 0.3) is 0 Å². The summed E-state index contributed by atoms with van der Waals surface area (Å²) in [5, 5.41) is 5.61. The second kappa shape index (κ2) is 7.17. The zero-order valence-corrected chi connectivity index (χ0v) is 13.2. The van der Waals surface area contributed by atoms with Crippen molar-refractivity contribution in [2.24, 2.45) is 0 Å². The number of hydrogen-bond donors (Lipinski definition) is 1. The lowest BCUT2D eigenvalue weighted by molar-refractivity contribution is 0.533. The van der Waals surface area contributed by atoms with Gasteiger partial charge in [0, 0.05) is 15.4 Å². The van der Waals surface area contributed by atoms with Crippen molar-refractivity contribution < 1.29 is 4.39 Å². The van der Waals surface area contributed by atoms with E-state index >= 15 is 0 Å². The van der Waals surface area contributed by atoms with Crippen molar-refractivity contribution in [1.82, 2.24) is 5.32 Å². The van der Waals surface area contributed by atoms with Crippen LogP contribution in [0.3, 0.4) is 0 Å². The number of rotatable bonds is 6. The molecule has 102 valence electrons. The lowest BCUT2D eigenvalue weighted by atomic mass is 10.0. The summed E-state index contributed by atoms with van der Waals surface area (Å²) < 4.78 is 14.3. The van der Waals surface area contributed by atoms with Crippen LogP contribution in [0.25, 0.3) is 0 Å². The van der Waals surface area contributed by atoms with Crippen LogP contribution >= 0.6 is 27.3 Å². The van der Waals surface area contributed by atoms with Gasteiger partial charge < -0.3 is 5.32 Å². The van der Waals surface area contributed by atoms with Gasteiger partial charge in [0.05, 0.1) is 0 Å². The van der Waals surface area contributed by atoms with Crippen LogP contribution in [0.4, 0.5) is 4.39 Å². The zero-order chi connectivity index (χ0) is 13.7. The molecule has 19 heavy (non-hydrogen) atoms. The zero-order valence-electron chi connectivity index (χ0n) is 10.8. The molecule has 1 atom stereocenters. The van der Waals surface area contributed by atoms with Crippen molar-refractivity contribution in [3.63, 3.8) is 0 Å². The summed E-state index contributed by atoms with van der Waals surface area (Å²) in [6, 6.07) is 9.30. The average Bonchev–Trinajstić information content (AvgIpc) is 2.92. The fraction of sp³-hybridized carbons (Fsp3) is 0.333. The van der Waals surface area contributed by atoms with E-state index in [0.29, 0.717) is 0 Å². The first kappa shape index (κ1) is 14.7. The molecule has 1 N–H and O–H groups in total. The fourth-order valence-corrected chi connectivity index (χ4v) is 3.21. The summed E-state index contributed by atoms with van der Waals surface area (Å²) in [5.74, 6) is -0.182. The molecule has 4 heteroatoms. The highest BCUT2D eigenvalue weighted by Gasteiger charge is 2.14. The Hall–Kier alpha value is -0.710. The number of hydrogen-bond acceptors (Lipinski definition) is 2. The number of halogens is 2.